The van der Waals surface area contributed by atoms with E-state index in [4.69, 9.17) is 0 Å². The molecule has 6 rings (SSSR count). The maximum absolute atomic E-state index is 13.6. The molecule has 1 saturated heterocycles. The van der Waals surface area contributed by atoms with Gasteiger partial charge >= 0.3 is 12.2 Å². The number of sulfonamides is 1. The summed E-state index contributed by atoms with van der Waals surface area (Å²) in [6, 6.07) is 15.0. The van der Waals surface area contributed by atoms with Gasteiger partial charge in [0.15, 0.2) is 0 Å². The molecule has 16 heteroatoms. The first-order valence-corrected chi connectivity index (χ1v) is 16.7. The van der Waals surface area contributed by atoms with Gasteiger partial charge in [-0.15, -0.1) is 0 Å². The maximum atomic E-state index is 13.6. The summed E-state index contributed by atoms with van der Waals surface area (Å²) in [4.78, 5) is 40.5. The van der Waals surface area contributed by atoms with Gasteiger partial charge in [-0.2, -0.15) is 22.5 Å². The largest absolute Gasteiger partial charge is 0.416 e. The van der Waals surface area contributed by atoms with Crippen molar-refractivity contribution in [3.05, 3.63) is 95.2 Å². The summed E-state index contributed by atoms with van der Waals surface area (Å²) in [6.45, 7) is 3.99. The van der Waals surface area contributed by atoms with E-state index in [2.05, 4.69) is 25.5 Å². The van der Waals surface area contributed by atoms with Gasteiger partial charge in [-0.05, 0) is 68.1 Å². The molecule has 0 bridgehead atoms. The fraction of sp³-hybridized carbons (Fsp3) is 0.273. The number of amides is 3. The Kier molecular flexibility index (Phi) is 9.04. The molecule has 4 aromatic rings. The molecule has 0 atom stereocenters. The van der Waals surface area contributed by atoms with Crippen molar-refractivity contribution >= 4 is 50.8 Å². The van der Waals surface area contributed by atoms with Crippen LogP contribution in [0.2, 0.25) is 0 Å². The lowest BCUT2D eigenvalue weighted by Crippen LogP contribution is -2.47. The summed E-state index contributed by atoms with van der Waals surface area (Å²) in [5.41, 5.74) is 1.46. The first-order valence-electron chi connectivity index (χ1n) is 15.3. The summed E-state index contributed by atoms with van der Waals surface area (Å²) >= 11 is 0. The molecule has 0 radical (unpaired) electrons. The number of nitrogens with one attached hydrogen (secondary N) is 2. The average molecular weight is 695 g/mol. The molecule has 12 nitrogen and oxygen atoms in total. The monoisotopic (exact) mass is 694 g/mol. The predicted octanol–water partition coefficient (Wildman–Crippen LogP) is 5.31. The SMILES string of the molecule is Cc1ccc(NC(=O)c2cccc(C(F)(F)F)c2)cc1N1Cc2cnc(Nc3cccc(S(=O)(=O)N4CCN(C)CC4)c3)nc2N(C)C1=O. The second-order valence-electron chi connectivity index (χ2n) is 11.9. The summed E-state index contributed by atoms with van der Waals surface area (Å²) in [7, 11) is -0.187. The molecule has 2 aliphatic heterocycles. The van der Waals surface area contributed by atoms with Crippen LogP contribution < -0.4 is 20.4 Å². The van der Waals surface area contributed by atoms with Crippen LogP contribution in [0.4, 0.5) is 46.8 Å². The molecule has 1 fully saturated rings. The second kappa shape index (κ2) is 13.1. The molecule has 1 aromatic heterocycles. The van der Waals surface area contributed by atoms with Crippen molar-refractivity contribution in [3.63, 3.8) is 0 Å². The molecule has 2 N–H and O–H groups in total. The summed E-state index contributed by atoms with van der Waals surface area (Å²) in [5.74, 6) is -0.215. The summed E-state index contributed by atoms with van der Waals surface area (Å²) in [6.07, 6.45) is -3.02. The van der Waals surface area contributed by atoms with E-state index >= 15 is 0 Å². The Balaban J connectivity index is 1.19. The lowest BCUT2D eigenvalue weighted by molar-refractivity contribution is -0.137. The molecular weight excluding hydrogens is 661 g/mol. The molecule has 2 aliphatic rings. The van der Waals surface area contributed by atoms with Crippen LogP contribution in [0, 0.1) is 6.92 Å². The lowest BCUT2D eigenvalue weighted by atomic mass is 10.1. The van der Waals surface area contributed by atoms with Gasteiger partial charge in [-0.25, -0.2) is 18.2 Å². The number of hydrogen-bond donors (Lipinski definition) is 2. The second-order valence-corrected chi connectivity index (χ2v) is 13.8. The minimum Gasteiger partial charge on any atom is -0.324 e. The standard InChI is InChI=1S/C33H33F3N8O4S/c1-21-10-11-26(38-30(45)22-6-4-7-24(16-22)33(34,35)36)18-28(21)44-20-23-19-37-31(40-29(23)42(3)32(44)46)39-25-8-5-9-27(17-25)49(47,48)43-14-12-41(2)13-15-43/h4-11,16-19H,12-15,20H2,1-3H3,(H,38,45)(H,37,39,40). The molecule has 0 aliphatic carbocycles. The number of urea groups is 1. The molecule has 256 valence electrons. The minimum absolute atomic E-state index is 0.101. The number of fused-ring (bicyclic) bond motifs is 1. The Morgan fingerprint density at radius 1 is 0.918 bits per heavy atom. The van der Waals surface area contributed by atoms with Crippen LogP contribution in [-0.4, -0.2) is 79.8 Å². The van der Waals surface area contributed by atoms with Crippen molar-refractivity contribution < 1.29 is 31.2 Å². The van der Waals surface area contributed by atoms with Crippen molar-refractivity contribution in [1.82, 2.24) is 19.2 Å². The van der Waals surface area contributed by atoms with Crippen LogP contribution in [0.1, 0.15) is 27.0 Å². The van der Waals surface area contributed by atoms with Crippen LogP contribution in [0.15, 0.2) is 77.8 Å². The van der Waals surface area contributed by atoms with Gasteiger partial charge in [0, 0.05) is 61.9 Å². The third kappa shape index (κ3) is 7.06. The summed E-state index contributed by atoms with van der Waals surface area (Å²) in [5, 5.41) is 5.67. The smallest absolute Gasteiger partial charge is 0.324 e. The molecular formula is C33H33F3N8O4S. The number of anilines is 5. The van der Waals surface area contributed by atoms with Crippen LogP contribution in [0.25, 0.3) is 0 Å². The molecule has 49 heavy (non-hydrogen) atoms. The third-order valence-corrected chi connectivity index (χ3v) is 10.3. The molecule has 0 saturated carbocycles. The quantitative estimate of drug-likeness (QED) is 0.266. The van der Waals surface area contributed by atoms with Crippen molar-refractivity contribution in [2.45, 2.75) is 24.5 Å². The van der Waals surface area contributed by atoms with E-state index in [1.807, 2.05) is 7.05 Å². The highest BCUT2D eigenvalue weighted by Crippen LogP contribution is 2.34. The zero-order valence-corrected chi connectivity index (χ0v) is 27.6. The van der Waals surface area contributed by atoms with Crippen LogP contribution in [-0.2, 0) is 22.7 Å². The highest BCUT2D eigenvalue weighted by atomic mass is 32.2. The molecule has 3 amide bonds. The fourth-order valence-electron chi connectivity index (χ4n) is 5.62. The number of nitrogens with zero attached hydrogens (tertiary/aromatic N) is 6. The molecule has 0 unspecified atom stereocenters. The minimum atomic E-state index is -4.59. The van der Waals surface area contributed by atoms with Gasteiger partial charge < -0.3 is 15.5 Å². The Morgan fingerprint density at radius 2 is 1.65 bits per heavy atom. The number of piperazine rings is 1. The van der Waals surface area contributed by atoms with E-state index in [0.29, 0.717) is 54.5 Å². The van der Waals surface area contributed by atoms with Gasteiger partial charge in [0.1, 0.15) is 5.82 Å². The Bertz CT molecular complexity index is 2030. The number of aryl methyl sites for hydroxylation is 1. The van der Waals surface area contributed by atoms with Crippen molar-refractivity contribution in [2.75, 3.05) is 60.7 Å². The van der Waals surface area contributed by atoms with Crippen molar-refractivity contribution in [3.8, 4) is 0 Å². The zero-order chi connectivity index (χ0) is 35.1. The highest BCUT2D eigenvalue weighted by molar-refractivity contribution is 7.89. The van der Waals surface area contributed by atoms with Gasteiger partial charge in [-0.3, -0.25) is 14.6 Å². The van der Waals surface area contributed by atoms with E-state index in [0.717, 1.165) is 18.2 Å². The first-order chi connectivity index (χ1) is 23.2. The number of carbonyl (C=O) groups is 2. The van der Waals surface area contributed by atoms with E-state index in [9.17, 15) is 31.2 Å². The average Bonchev–Trinajstić information content (AvgIpc) is 3.07. The zero-order valence-electron chi connectivity index (χ0n) is 26.8. The number of halogens is 3. The van der Waals surface area contributed by atoms with Crippen molar-refractivity contribution in [1.29, 1.82) is 0 Å². The number of alkyl halides is 3. The van der Waals surface area contributed by atoms with E-state index in [-0.39, 0.29) is 28.6 Å². The van der Waals surface area contributed by atoms with Crippen LogP contribution in [0.5, 0.6) is 0 Å². The van der Waals surface area contributed by atoms with Gasteiger partial charge in [-0.1, -0.05) is 18.2 Å². The summed E-state index contributed by atoms with van der Waals surface area (Å²) < 4.78 is 67.5. The lowest BCUT2D eigenvalue weighted by Gasteiger charge is -2.35. The van der Waals surface area contributed by atoms with Gasteiger partial charge in [0.2, 0.25) is 16.0 Å². The Hall–Kier alpha value is -5.06. The Morgan fingerprint density at radius 3 is 2.39 bits per heavy atom. The molecule has 0 spiro atoms. The molecule has 3 aromatic carbocycles. The topological polar surface area (TPSA) is 131 Å². The van der Waals surface area contributed by atoms with E-state index in [1.165, 1.54) is 26.2 Å². The number of benzene rings is 3. The van der Waals surface area contributed by atoms with Crippen molar-refractivity contribution in [2.24, 2.45) is 0 Å². The van der Waals surface area contributed by atoms with Gasteiger partial charge in [0.25, 0.3) is 5.91 Å². The van der Waals surface area contributed by atoms with E-state index < -0.39 is 33.7 Å². The first kappa shape index (κ1) is 33.8. The van der Waals surface area contributed by atoms with Gasteiger partial charge in [0.05, 0.1) is 22.7 Å². The highest BCUT2D eigenvalue weighted by Gasteiger charge is 2.33. The number of aromatic nitrogens is 2. The van der Waals surface area contributed by atoms with Crippen LogP contribution >= 0.6 is 0 Å². The maximum Gasteiger partial charge on any atom is 0.416 e. The molecule has 3 heterocycles. The van der Waals surface area contributed by atoms with Crippen LogP contribution in [0.3, 0.4) is 0 Å². The number of likely N-dealkylation sites (N-methyl/N-ethyl adjacent to an activating group) is 1. The number of hydrogen-bond acceptors (Lipinski definition) is 8. The number of rotatable bonds is 7. The number of carbonyl (C=O) groups excluding carboxylic acids is 2. The fourth-order valence-corrected chi connectivity index (χ4v) is 7.09. The van der Waals surface area contributed by atoms with E-state index in [1.54, 1.807) is 56.6 Å². The predicted molar refractivity (Wildman–Crippen MR) is 179 cm³/mol. The Labute approximate surface area is 281 Å². The normalized spacial score (nSPS) is 16.0. The third-order valence-electron chi connectivity index (χ3n) is 8.41.